The van der Waals surface area contributed by atoms with E-state index in [1.165, 1.54) is 0 Å². The van der Waals surface area contributed by atoms with Crippen LogP contribution in [-0.2, 0) is 21.2 Å². The largest absolute Gasteiger partial charge is 0.310 e. The van der Waals surface area contributed by atoms with Crippen LogP contribution in [0, 0.1) is 0 Å². The standard InChI is InChI=1S/C23H26N4O3S/c28-23(25-22-10-3-4-12-24-22)18-26-13-15-27(16-14-26)31(29,30)17-11-20-8-5-7-19-6-1-2-9-21(19)20/h1-10,12H,11,13-18H2,(H,24,25,28). The van der Waals surface area contributed by atoms with E-state index in [0.29, 0.717) is 38.4 Å². The van der Waals surface area contributed by atoms with Crippen LogP contribution in [0.15, 0.2) is 66.9 Å². The van der Waals surface area contributed by atoms with Crippen molar-refractivity contribution in [1.82, 2.24) is 14.2 Å². The van der Waals surface area contributed by atoms with Crippen molar-refractivity contribution < 1.29 is 13.2 Å². The van der Waals surface area contributed by atoms with Crippen LogP contribution < -0.4 is 5.32 Å². The second-order valence-electron chi connectivity index (χ2n) is 7.64. The van der Waals surface area contributed by atoms with Crippen molar-refractivity contribution in [3.05, 3.63) is 72.4 Å². The summed E-state index contributed by atoms with van der Waals surface area (Å²) in [7, 11) is -3.35. The summed E-state index contributed by atoms with van der Waals surface area (Å²) in [5.41, 5.74) is 1.05. The summed E-state index contributed by atoms with van der Waals surface area (Å²) < 4.78 is 27.3. The van der Waals surface area contributed by atoms with Gasteiger partial charge >= 0.3 is 0 Å². The lowest BCUT2D eigenvalue weighted by molar-refractivity contribution is -0.117. The molecule has 1 fully saturated rings. The highest BCUT2D eigenvalue weighted by molar-refractivity contribution is 7.89. The highest BCUT2D eigenvalue weighted by atomic mass is 32.2. The Morgan fingerprint density at radius 3 is 2.45 bits per heavy atom. The van der Waals surface area contributed by atoms with Gasteiger partial charge in [0.25, 0.3) is 0 Å². The molecule has 0 radical (unpaired) electrons. The maximum Gasteiger partial charge on any atom is 0.239 e. The summed E-state index contributed by atoms with van der Waals surface area (Å²) in [6.45, 7) is 2.08. The Bertz CT molecular complexity index is 1140. The minimum atomic E-state index is -3.35. The number of hydrogen-bond donors (Lipinski definition) is 1. The molecule has 1 amide bonds. The Balaban J connectivity index is 1.29. The molecule has 2 heterocycles. The van der Waals surface area contributed by atoms with Crippen molar-refractivity contribution >= 4 is 32.5 Å². The number of anilines is 1. The highest BCUT2D eigenvalue weighted by Gasteiger charge is 2.27. The zero-order valence-corrected chi connectivity index (χ0v) is 18.1. The van der Waals surface area contributed by atoms with Crippen LogP contribution in [0.2, 0.25) is 0 Å². The first kappa shape index (κ1) is 21.4. The zero-order chi connectivity index (χ0) is 21.7. The number of nitrogens with zero attached hydrogens (tertiary/aromatic N) is 3. The van der Waals surface area contributed by atoms with E-state index < -0.39 is 10.0 Å². The van der Waals surface area contributed by atoms with Crippen LogP contribution in [0.3, 0.4) is 0 Å². The smallest absolute Gasteiger partial charge is 0.239 e. The van der Waals surface area contributed by atoms with Crippen molar-refractivity contribution in [3.8, 4) is 0 Å². The second-order valence-corrected chi connectivity index (χ2v) is 9.73. The molecule has 3 aromatic rings. The van der Waals surface area contributed by atoms with E-state index in [1.54, 1.807) is 22.6 Å². The Morgan fingerprint density at radius 1 is 0.935 bits per heavy atom. The number of piperazine rings is 1. The first-order chi connectivity index (χ1) is 15.0. The molecule has 0 atom stereocenters. The molecule has 0 saturated carbocycles. The van der Waals surface area contributed by atoms with Gasteiger partial charge in [0.1, 0.15) is 5.82 Å². The summed E-state index contributed by atoms with van der Waals surface area (Å²) in [6.07, 6.45) is 2.11. The molecule has 1 N–H and O–H groups in total. The van der Waals surface area contributed by atoms with Gasteiger partial charge in [-0.3, -0.25) is 9.69 Å². The first-order valence-corrected chi connectivity index (χ1v) is 12.0. The fourth-order valence-corrected chi connectivity index (χ4v) is 5.32. The Labute approximate surface area is 182 Å². The van der Waals surface area contributed by atoms with Gasteiger partial charge in [0.05, 0.1) is 12.3 Å². The summed E-state index contributed by atoms with van der Waals surface area (Å²) in [6, 6.07) is 19.4. The van der Waals surface area contributed by atoms with E-state index >= 15 is 0 Å². The van der Waals surface area contributed by atoms with Gasteiger partial charge in [-0.25, -0.2) is 13.4 Å². The first-order valence-electron chi connectivity index (χ1n) is 10.4. The molecule has 31 heavy (non-hydrogen) atoms. The van der Waals surface area contributed by atoms with Crippen LogP contribution in [0.25, 0.3) is 10.8 Å². The summed E-state index contributed by atoms with van der Waals surface area (Å²) in [4.78, 5) is 18.3. The van der Waals surface area contributed by atoms with Crippen molar-refractivity contribution in [2.45, 2.75) is 6.42 Å². The SMILES string of the molecule is O=C(CN1CCN(S(=O)(=O)CCc2cccc3ccccc23)CC1)Nc1ccccn1. The van der Waals surface area contributed by atoms with Gasteiger partial charge in [-0.1, -0.05) is 48.5 Å². The monoisotopic (exact) mass is 438 g/mol. The van der Waals surface area contributed by atoms with E-state index in [1.807, 2.05) is 53.4 Å². The number of aryl methyl sites for hydroxylation is 1. The van der Waals surface area contributed by atoms with Gasteiger partial charge in [-0.05, 0) is 34.9 Å². The molecular weight excluding hydrogens is 412 g/mol. The van der Waals surface area contributed by atoms with Gasteiger partial charge in [0.2, 0.25) is 15.9 Å². The van der Waals surface area contributed by atoms with Crippen LogP contribution in [0.1, 0.15) is 5.56 Å². The normalized spacial score (nSPS) is 15.7. The van der Waals surface area contributed by atoms with Gasteiger partial charge in [0, 0.05) is 32.4 Å². The predicted octanol–water partition coefficient (Wildman–Crippen LogP) is 2.36. The number of pyridine rings is 1. The summed E-state index contributed by atoms with van der Waals surface area (Å²) >= 11 is 0. The number of benzene rings is 2. The molecule has 7 nitrogen and oxygen atoms in total. The van der Waals surface area contributed by atoms with Crippen LogP contribution in [-0.4, -0.2) is 67.0 Å². The van der Waals surface area contributed by atoms with E-state index in [0.717, 1.165) is 16.3 Å². The van der Waals surface area contributed by atoms with Crippen molar-refractivity contribution in [2.24, 2.45) is 0 Å². The van der Waals surface area contributed by atoms with E-state index in [9.17, 15) is 13.2 Å². The van der Waals surface area contributed by atoms with Crippen LogP contribution in [0.5, 0.6) is 0 Å². The topological polar surface area (TPSA) is 82.6 Å². The predicted molar refractivity (Wildman–Crippen MR) is 122 cm³/mol. The molecule has 162 valence electrons. The second kappa shape index (κ2) is 9.55. The maximum atomic E-state index is 12.9. The van der Waals surface area contributed by atoms with Crippen molar-refractivity contribution in [3.63, 3.8) is 0 Å². The quantitative estimate of drug-likeness (QED) is 0.612. The molecule has 0 spiro atoms. The summed E-state index contributed by atoms with van der Waals surface area (Å²) in [5.74, 6) is 0.453. The van der Waals surface area contributed by atoms with Crippen molar-refractivity contribution in [1.29, 1.82) is 0 Å². The molecule has 8 heteroatoms. The lowest BCUT2D eigenvalue weighted by Gasteiger charge is -2.33. The number of aromatic nitrogens is 1. The molecule has 0 bridgehead atoms. The fourth-order valence-electron chi connectivity index (χ4n) is 3.87. The number of fused-ring (bicyclic) bond motifs is 1. The molecule has 0 aliphatic carbocycles. The Hall–Kier alpha value is -2.81. The van der Waals surface area contributed by atoms with E-state index in [-0.39, 0.29) is 18.2 Å². The minimum absolute atomic E-state index is 0.0845. The molecule has 4 rings (SSSR count). The number of amides is 1. The molecule has 1 saturated heterocycles. The Morgan fingerprint density at radius 2 is 1.68 bits per heavy atom. The molecule has 0 unspecified atom stereocenters. The van der Waals surface area contributed by atoms with Gasteiger partial charge < -0.3 is 5.32 Å². The average molecular weight is 439 g/mol. The molecule has 1 aliphatic heterocycles. The molecule has 2 aromatic carbocycles. The number of nitrogens with one attached hydrogen (secondary N) is 1. The lowest BCUT2D eigenvalue weighted by Crippen LogP contribution is -2.51. The van der Waals surface area contributed by atoms with E-state index in [4.69, 9.17) is 0 Å². The van der Waals surface area contributed by atoms with Gasteiger partial charge in [-0.2, -0.15) is 4.31 Å². The average Bonchev–Trinajstić information content (AvgIpc) is 2.78. The van der Waals surface area contributed by atoms with Gasteiger partial charge in [-0.15, -0.1) is 0 Å². The third-order valence-electron chi connectivity index (χ3n) is 5.53. The highest BCUT2D eigenvalue weighted by Crippen LogP contribution is 2.20. The molecule has 1 aliphatic rings. The zero-order valence-electron chi connectivity index (χ0n) is 17.3. The molecule has 1 aromatic heterocycles. The number of carbonyl (C=O) groups excluding carboxylic acids is 1. The third-order valence-corrected chi connectivity index (χ3v) is 7.41. The fraction of sp³-hybridized carbons (Fsp3) is 0.304. The maximum absolute atomic E-state index is 12.9. The molecular formula is C23H26N4O3S. The van der Waals surface area contributed by atoms with Crippen molar-refractivity contribution in [2.75, 3.05) is 43.8 Å². The minimum Gasteiger partial charge on any atom is -0.310 e. The number of carbonyl (C=O) groups is 1. The Kier molecular flexibility index (Phi) is 6.60. The lowest BCUT2D eigenvalue weighted by atomic mass is 10.0. The third kappa shape index (κ3) is 5.46. The van der Waals surface area contributed by atoms with Crippen LogP contribution >= 0.6 is 0 Å². The van der Waals surface area contributed by atoms with Crippen LogP contribution in [0.4, 0.5) is 5.82 Å². The number of sulfonamides is 1. The van der Waals surface area contributed by atoms with Gasteiger partial charge in [0.15, 0.2) is 0 Å². The van der Waals surface area contributed by atoms with E-state index in [2.05, 4.69) is 10.3 Å². The summed E-state index contributed by atoms with van der Waals surface area (Å²) in [5, 5.41) is 4.98. The number of rotatable bonds is 7. The number of hydrogen-bond acceptors (Lipinski definition) is 5.